The van der Waals surface area contributed by atoms with Crippen LogP contribution in [0, 0.1) is 5.92 Å². The van der Waals surface area contributed by atoms with Crippen LogP contribution in [0.1, 0.15) is 30.2 Å². The summed E-state index contributed by atoms with van der Waals surface area (Å²) in [6, 6.07) is 3.37. The molecule has 2 aromatic rings. The molecule has 0 aliphatic heterocycles. The lowest BCUT2D eigenvalue weighted by atomic mass is 10.2. The molecule has 0 radical (unpaired) electrons. The van der Waals surface area contributed by atoms with Gasteiger partial charge < -0.3 is 14.5 Å². The van der Waals surface area contributed by atoms with Crippen molar-refractivity contribution < 1.29 is 13.9 Å². The van der Waals surface area contributed by atoms with Crippen molar-refractivity contribution in [3.63, 3.8) is 0 Å². The monoisotopic (exact) mass is 327 g/mol. The molecule has 0 unspecified atom stereocenters. The van der Waals surface area contributed by atoms with Gasteiger partial charge in [-0.05, 0) is 18.1 Å². The molecular formula is C13H17N3O3S2. The summed E-state index contributed by atoms with van der Waals surface area (Å²) < 4.78 is 10.8. The maximum Gasteiger partial charge on any atom is 0.373 e. The van der Waals surface area contributed by atoms with Crippen LogP contribution in [0.3, 0.4) is 0 Å². The Morgan fingerprint density at radius 3 is 3.00 bits per heavy atom. The van der Waals surface area contributed by atoms with Crippen LogP contribution in [0.15, 0.2) is 20.9 Å². The molecular weight excluding hydrogens is 310 g/mol. The number of ether oxygens (including phenoxy) is 1. The van der Waals surface area contributed by atoms with E-state index < -0.39 is 5.97 Å². The lowest BCUT2D eigenvalue weighted by Gasteiger charge is -2.03. The third kappa shape index (κ3) is 4.75. The Labute approximate surface area is 131 Å². The summed E-state index contributed by atoms with van der Waals surface area (Å²) in [5, 5.41) is 12.2. The van der Waals surface area contributed by atoms with E-state index in [0.29, 0.717) is 17.4 Å². The molecule has 21 heavy (non-hydrogen) atoms. The number of carbonyl (C=O) groups excluding carboxylic acids is 1. The van der Waals surface area contributed by atoms with Crippen LogP contribution in [-0.4, -0.2) is 29.8 Å². The number of furan rings is 1. The van der Waals surface area contributed by atoms with Crippen LogP contribution in [0.25, 0.3) is 0 Å². The van der Waals surface area contributed by atoms with Gasteiger partial charge in [-0.3, -0.25) is 0 Å². The molecule has 8 heteroatoms. The first-order chi connectivity index (χ1) is 10.1. The van der Waals surface area contributed by atoms with Crippen LogP contribution in [0.4, 0.5) is 5.13 Å². The number of thioether (sulfide) groups is 1. The molecule has 0 saturated heterocycles. The molecule has 2 heterocycles. The number of aromatic nitrogens is 2. The first-order valence-electron chi connectivity index (χ1n) is 6.45. The molecule has 0 amide bonds. The van der Waals surface area contributed by atoms with E-state index >= 15 is 0 Å². The standard InChI is InChI=1S/C13H17N3O3S2/c1-8(2)6-14-12-15-16-13(21-12)20-7-9-4-5-10(19-9)11(17)18-3/h4-5,8H,6-7H2,1-3H3,(H,14,15). The average molecular weight is 327 g/mol. The van der Waals surface area contributed by atoms with Crippen LogP contribution < -0.4 is 5.32 Å². The van der Waals surface area contributed by atoms with Crippen molar-refractivity contribution >= 4 is 34.2 Å². The fourth-order valence-corrected chi connectivity index (χ4v) is 3.08. The molecule has 0 bridgehead atoms. The molecule has 0 atom stereocenters. The van der Waals surface area contributed by atoms with Crippen LogP contribution in [-0.2, 0) is 10.5 Å². The van der Waals surface area contributed by atoms with Gasteiger partial charge in [-0.15, -0.1) is 10.2 Å². The van der Waals surface area contributed by atoms with Crippen LogP contribution in [0.2, 0.25) is 0 Å². The van der Waals surface area contributed by atoms with Crippen molar-refractivity contribution in [3.8, 4) is 0 Å². The molecule has 2 rings (SSSR count). The van der Waals surface area contributed by atoms with Gasteiger partial charge in [0.05, 0.1) is 12.9 Å². The van der Waals surface area contributed by atoms with E-state index in [2.05, 4.69) is 34.1 Å². The molecule has 0 fully saturated rings. The van der Waals surface area contributed by atoms with Gasteiger partial charge in [0.15, 0.2) is 4.34 Å². The summed E-state index contributed by atoms with van der Waals surface area (Å²) in [5.74, 6) is 1.60. The number of esters is 1. The Kier molecular flexibility index (Phi) is 5.63. The van der Waals surface area contributed by atoms with Crippen molar-refractivity contribution in [2.45, 2.75) is 23.9 Å². The number of hydrogen-bond acceptors (Lipinski definition) is 8. The number of methoxy groups -OCH3 is 1. The summed E-state index contributed by atoms with van der Waals surface area (Å²) in [7, 11) is 1.33. The Balaban J connectivity index is 1.85. The highest BCUT2D eigenvalue weighted by Gasteiger charge is 2.12. The lowest BCUT2D eigenvalue weighted by Crippen LogP contribution is -2.07. The minimum Gasteiger partial charge on any atom is -0.463 e. The van der Waals surface area contributed by atoms with E-state index in [1.165, 1.54) is 30.2 Å². The van der Waals surface area contributed by atoms with E-state index in [1.807, 2.05) is 0 Å². The summed E-state index contributed by atoms with van der Waals surface area (Å²) in [5.41, 5.74) is 0. The first kappa shape index (κ1) is 15.8. The van der Waals surface area contributed by atoms with Crippen molar-refractivity contribution in [1.29, 1.82) is 0 Å². The number of nitrogens with zero attached hydrogens (tertiary/aromatic N) is 2. The number of rotatable bonds is 7. The number of carbonyl (C=O) groups is 1. The molecule has 114 valence electrons. The predicted molar refractivity (Wildman–Crippen MR) is 82.8 cm³/mol. The van der Waals surface area contributed by atoms with Gasteiger partial charge in [0.2, 0.25) is 10.9 Å². The second-order valence-electron chi connectivity index (χ2n) is 4.69. The number of nitrogens with one attached hydrogen (secondary N) is 1. The third-order valence-electron chi connectivity index (χ3n) is 2.45. The van der Waals surface area contributed by atoms with Crippen molar-refractivity contribution in [3.05, 3.63) is 23.7 Å². The summed E-state index contributed by atoms with van der Waals surface area (Å²) in [4.78, 5) is 11.3. The molecule has 0 aliphatic carbocycles. The first-order valence-corrected chi connectivity index (χ1v) is 8.26. The van der Waals surface area contributed by atoms with Gasteiger partial charge in [-0.25, -0.2) is 4.79 Å². The van der Waals surface area contributed by atoms with Crippen LogP contribution >= 0.6 is 23.1 Å². The van der Waals surface area contributed by atoms with Crippen molar-refractivity contribution in [2.75, 3.05) is 19.0 Å². The lowest BCUT2D eigenvalue weighted by molar-refractivity contribution is 0.0563. The van der Waals surface area contributed by atoms with E-state index in [1.54, 1.807) is 12.1 Å². The molecule has 1 N–H and O–H groups in total. The molecule has 0 saturated carbocycles. The largest absolute Gasteiger partial charge is 0.463 e. The van der Waals surface area contributed by atoms with E-state index in [9.17, 15) is 4.79 Å². The topological polar surface area (TPSA) is 77.2 Å². The summed E-state index contributed by atoms with van der Waals surface area (Å²) in [6.07, 6.45) is 0. The minimum atomic E-state index is -0.470. The fourth-order valence-electron chi connectivity index (χ4n) is 1.43. The fraction of sp³-hybridized carbons (Fsp3) is 0.462. The van der Waals surface area contributed by atoms with Gasteiger partial charge in [0.25, 0.3) is 0 Å². The molecule has 2 aromatic heterocycles. The van der Waals surface area contributed by atoms with Gasteiger partial charge in [-0.2, -0.15) is 0 Å². The highest BCUT2D eigenvalue weighted by molar-refractivity contribution is 8.00. The number of hydrogen-bond donors (Lipinski definition) is 1. The minimum absolute atomic E-state index is 0.213. The smallest absolute Gasteiger partial charge is 0.373 e. The van der Waals surface area contributed by atoms with Gasteiger partial charge in [0.1, 0.15) is 5.76 Å². The average Bonchev–Trinajstić information content (AvgIpc) is 3.11. The molecule has 0 spiro atoms. The normalized spacial score (nSPS) is 10.9. The van der Waals surface area contributed by atoms with Crippen LogP contribution in [0.5, 0.6) is 0 Å². The predicted octanol–water partition coefficient (Wildman–Crippen LogP) is 3.28. The van der Waals surface area contributed by atoms with Crippen molar-refractivity contribution in [2.24, 2.45) is 5.92 Å². The molecule has 0 aliphatic rings. The Bertz CT molecular complexity index is 595. The quantitative estimate of drug-likeness (QED) is 0.617. The second-order valence-corrected chi connectivity index (χ2v) is 6.89. The zero-order chi connectivity index (χ0) is 15.2. The second kappa shape index (κ2) is 7.46. The highest BCUT2D eigenvalue weighted by Crippen LogP contribution is 2.28. The number of anilines is 1. The Morgan fingerprint density at radius 1 is 1.48 bits per heavy atom. The summed E-state index contributed by atoms with van der Waals surface area (Å²) >= 11 is 3.03. The molecule has 6 nitrogen and oxygen atoms in total. The maximum atomic E-state index is 11.3. The third-order valence-corrected chi connectivity index (χ3v) is 4.49. The Morgan fingerprint density at radius 2 is 2.29 bits per heavy atom. The Hall–Kier alpha value is -1.54. The SMILES string of the molecule is COC(=O)c1ccc(CSc2nnc(NCC(C)C)s2)o1. The van der Waals surface area contributed by atoms with E-state index in [0.717, 1.165) is 16.0 Å². The summed E-state index contributed by atoms with van der Waals surface area (Å²) in [6.45, 7) is 5.15. The van der Waals surface area contributed by atoms with Gasteiger partial charge >= 0.3 is 5.97 Å². The van der Waals surface area contributed by atoms with E-state index in [-0.39, 0.29) is 5.76 Å². The van der Waals surface area contributed by atoms with Gasteiger partial charge in [0, 0.05) is 6.54 Å². The zero-order valence-corrected chi connectivity index (χ0v) is 13.7. The highest BCUT2D eigenvalue weighted by atomic mass is 32.2. The maximum absolute atomic E-state index is 11.3. The van der Waals surface area contributed by atoms with E-state index in [4.69, 9.17) is 4.42 Å². The molecule has 0 aromatic carbocycles. The van der Waals surface area contributed by atoms with Gasteiger partial charge in [-0.1, -0.05) is 36.9 Å². The van der Waals surface area contributed by atoms with Crippen molar-refractivity contribution in [1.82, 2.24) is 10.2 Å². The zero-order valence-electron chi connectivity index (χ0n) is 12.1.